The molecule has 2 rings (SSSR count). The molecule has 0 spiro atoms. The quantitative estimate of drug-likeness (QED) is 0.728. The summed E-state index contributed by atoms with van der Waals surface area (Å²) in [5.74, 6) is 0. The summed E-state index contributed by atoms with van der Waals surface area (Å²) in [6.45, 7) is 0.877. The van der Waals surface area contributed by atoms with Crippen molar-refractivity contribution in [1.29, 1.82) is 0 Å². The zero-order chi connectivity index (χ0) is 13.0. The van der Waals surface area contributed by atoms with Gasteiger partial charge in [-0.25, -0.2) is 18.1 Å². The van der Waals surface area contributed by atoms with E-state index in [0.29, 0.717) is 10.8 Å². The lowest BCUT2D eigenvalue weighted by molar-refractivity contribution is 0.582. The predicted molar refractivity (Wildman–Crippen MR) is 69.7 cm³/mol. The first-order chi connectivity index (χ1) is 8.62. The number of imidazole rings is 1. The molecule has 0 aliphatic heterocycles. The lowest BCUT2D eigenvalue weighted by Gasteiger charge is -2.02. The Balaban J connectivity index is 2.05. The maximum absolute atomic E-state index is 12.0. The van der Waals surface area contributed by atoms with Gasteiger partial charge in [0.25, 0.3) is 0 Å². The van der Waals surface area contributed by atoms with Crippen molar-refractivity contribution >= 4 is 21.4 Å². The molecule has 0 aliphatic carbocycles. The van der Waals surface area contributed by atoms with Gasteiger partial charge in [0.2, 0.25) is 10.0 Å². The number of thiophene rings is 1. The van der Waals surface area contributed by atoms with Crippen molar-refractivity contribution < 1.29 is 8.42 Å². The number of hydrogen-bond donors (Lipinski definition) is 3. The van der Waals surface area contributed by atoms with E-state index in [0.717, 1.165) is 10.6 Å². The molecule has 0 aromatic carbocycles. The van der Waals surface area contributed by atoms with Gasteiger partial charge >= 0.3 is 0 Å². The zero-order valence-corrected chi connectivity index (χ0v) is 11.4. The second-order valence-corrected chi connectivity index (χ2v) is 6.81. The molecular weight excluding hydrogens is 272 g/mol. The van der Waals surface area contributed by atoms with Gasteiger partial charge < -0.3 is 10.3 Å². The van der Waals surface area contributed by atoms with E-state index in [-0.39, 0.29) is 6.54 Å². The largest absolute Gasteiger partial charge is 0.347 e. The first-order valence-electron chi connectivity index (χ1n) is 5.32. The average molecular weight is 286 g/mol. The van der Waals surface area contributed by atoms with Crippen LogP contribution in [0.1, 0.15) is 10.6 Å². The van der Waals surface area contributed by atoms with Gasteiger partial charge in [0.05, 0.1) is 12.9 Å². The molecule has 0 unspecified atom stereocenters. The Morgan fingerprint density at radius 3 is 2.89 bits per heavy atom. The van der Waals surface area contributed by atoms with Gasteiger partial charge in [-0.2, -0.15) is 0 Å². The lowest BCUT2D eigenvalue weighted by atomic mass is 10.5. The Bertz CT molecular complexity index is 589. The molecule has 0 saturated heterocycles. The fraction of sp³-hybridized carbons (Fsp3) is 0.300. The first-order valence-corrected chi connectivity index (χ1v) is 7.62. The second kappa shape index (κ2) is 5.61. The maximum atomic E-state index is 12.0. The second-order valence-electron chi connectivity index (χ2n) is 3.65. The molecule has 0 aliphatic rings. The minimum Gasteiger partial charge on any atom is -0.347 e. The SMILES string of the molecule is CNCc1ccc(S(=O)(=O)NCc2cnc[nH]2)s1. The van der Waals surface area contributed by atoms with Crippen molar-refractivity contribution in [2.24, 2.45) is 0 Å². The van der Waals surface area contributed by atoms with E-state index < -0.39 is 10.0 Å². The average Bonchev–Trinajstić information content (AvgIpc) is 2.98. The van der Waals surface area contributed by atoms with Crippen LogP contribution in [0.5, 0.6) is 0 Å². The molecule has 0 amide bonds. The number of aromatic amines is 1. The Hall–Kier alpha value is -1.22. The van der Waals surface area contributed by atoms with E-state index in [1.54, 1.807) is 12.3 Å². The standard InChI is InChI=1S/C10H14N4O2S2/c1-11-6-9-2-3-10(17-9)18(15,16)14-5-8-4-12-7-13-8/h2-4,7,11,14H,5-6H2,1H3,(H,12,13). The summed E-state index contributed by atoms with van der Waals surface area (Å²) < 4.78 is 26.8. The molecule has 0 radical (unpaired) electrons. The minimum atomic E-state index is -3.44. The lowest BCUT2D eigenvalue weighted by Crippen LogP contribution is -2.22. The number of nitrogens with one attached hydrogen (secondary N) is 3. The van der Waals surface area contributed by atoms with Crippen LogP contribution >= 0.6 is 11.3 Å². The molecule has 2 aromatic heterocycles. The highest BCUT2D eigenvalue weighted by molar-refractivity contribution is 7.91. The van der Waals surface area contributed by atoms with E-state index >= 15 is 0 Å². The summed E-state index contributed by atoms with van der Waals surface area (Å²) >= 11 is 1.26. The smallest absolute Gasteiger partial charge is 0.250 e. The monoisotopic (exact) mass is 286 g/mol. The predicted octanol–water partition coefficient (Wildman–Crippen LogP) is 0.669. The molecule has 2 heterocycles. The normalized spacial score (nSPS) is 11.8. The fourth-order valence-electron chi connectivity index (χ4n) is 1.40. The van der Waals surface area contributed by atoms with Crippen LogP contribution in [-0.4, -0.2) is 25.4 Å². The molecule has 8 heteroatoms. The Labute approximate surface area is 110 Å². The van der Waals surface area contributed by atoms with Crippen molar-refractivity contribution in [3.63, 3.8) is 0 Å². The number of aromatic nitrogens is 2. The van der Waals surface area contributed by atoms with E-state index in [2.05, 4.69) is 20.0 Å². The van der Waals surface area contributed by atoms with E-state index in [1.165, 1.54) is 17.7 Å². The molecule has 98 valence electrons. The topological polar surface area (TPSA) is 86.9 Å². The van der Waals surface area contributed by atoms with E-state index in [4.69, 9.17) is 0 Å². The number of hydrogen-bond acceptors (Lipinski definition) is 5. The van der Waals surface area contributed by atoms with Crippen molar-refractivity contribution in [3.05, 3.63) is 35.2 Å². The van der Waals surface area contributed by atoms with E-state index in [9.17, 15) is 8.42 Å². The van der Waals surface area contributed by atoms with Gasteiger partial charge in [-0.1, -0.05) is 0 Å². The van der Waals surface area contributed by atoms with E-state index in [1.807, 2.05) is 13.1 Å². The molecule has 3 N–H and O–H groups in total. The molecule has 2 aromatic rings. The summed E-state index contributed by atoms with van der Waals surface area (Å²) in [7, 11) is -1.62. The van der Waals surface area contributed by atoms with Gasteiger partial charge in [-0.15, -0.1) is 11.3 Å². The van der Waals surface area contributed by atoms with Crippen LogP contribution in [0.4, 0.5) is 0 Å². The third kappa shape index (κ3) is 3.16. The van der Waals surface area contributed by atoms with Crippen molar-refractivity contribution in [1.82, 2.24) is 20.0 Å². The number of H-pyrrole nitrogens is 1. The summed E-state index contributed by atoms with van der Waals surface area (Å²) in [4.78, 5) is 7.66. The number of rotatable bonds is 6. The fourth-order valence-corrected chi connectivity index (χ4v) is 3.82. The van der Waals surface area contributed by atoms with Gasteiger partial charge in [-0.3, -0.25) is 0 Å². The molecule has 0 saturated carbocycles. The first kappa shape index (κ1) is 13.2. The summed E-state index contributed by atoms with van der Waals surface area (Å²) in [6, 6.07) is 3.43. The highest BCUT2D eigenvalue weighted by Gasteiger charge is 2.16. The summed E-state index contributed by atoms with van der Waals surface area (Å²) in [6.07, 6.45) is 3.10. The third-order valence-electron chi connectivity index (χ3n) is 2.26. The number of nitrogens with zero attached hydrogens (tertiary/aromatic N) is 1. The molecular formula is C10H14N4O2S2. The van der Waals surface area contributed by atoms with Gasteiger partial charge in [0.15, 0.2) is 0 Å². The molecule has 0 atom stereocenters. The maximum Gasteiger partial charge on any atom is 0.250 e. The summed E-state index contributed by atoms with van der Waals surface area (Å²) in [5, 5.41) is 2.99. The van der Waals surface area contributed by atoms with Crippen LogP contribution in [0.25, 0.3) is 0 Å². The molecule has 0 fully saturated rings. The zero-order valence-electron chi connectivity index (χ0n) is 9.80. The van der Waals surface area contributed by atoms with Crippen LogP contribution in [0.2, 0.25) is 0 Å². The highest BCUT2D eigenvalue weighted by atomic mass is 32.2. The van der Waals surface area contributed by atoms with Crippen molar-refractivity contribution in [2.75, 3.05) is 7.05 Å². The Kier molecular flexibility index (Phi) is 4.12. The molecule has 0 bridgehead atoms. The summed E-state index contributed by atoms with van der Waals surface area (Å²) in [5.41, 5.74) is 0.727. The van der Waals surface area contributed by atoms with Crippen LogP contribution in [0.15, 0.2) is 28.9 Å². The van der Waals surface area contributed by atoms with Gasteiger partial charge in [-0.05, 0) is 19.2 Å². The van der Waals surface area contributed by atoms with Crippen LogP contribution < -0.4 is 10.0 Å². The van der Waals surface area contributed by atoms with Crippen LogP contribution in [0, 0.1) is 0 Å². The van der Waals surface area contributed by atoms with Crippen LogP contribution in [-0.2, 0) is 23.1 Å². The number of sulfonamides is 1. The third-order valence-corrected chi connectivity index (χ3v) is 5.24. The molecule has 6 nitrogen and oxygen atoms in total. The molecule has 18 heavy (non-hydrogen) atoms. The van der Waals surface area contributed by atoms with Gasteiger partial charge in [0, 0.05) is 23.3 Å². The Morgan fingerprint density at radius 2 is 2.22 bits per heavy atom. The Morgan fingerprint density at radius 1 is 1.39 bits per heavy atom. The van der Waals surface area contributed by atoms with Crippen LogP contribution in [0.3, 0.4) is 0 Å². The minimum absolute atomic E-state index is 0.210. The highest BCUT2D eigenvalue weighted by Crippen LogP contribution is 2.21. The van der Waals surface area contributed by atoms with Gasteiger partial charge in [0.1, 0.15) is 4.21 Å². The van der Waals surface area contributed by atoms with Crippen molar-refractivity contribution in [3.8, 4) is 0 Å². The van der Waals surface area contributed by atoms with Crippen molar-refractivity contribution in [2.45, 2.75) is 17.3 Å².